The van der Waals surface area contributed by atoms with Crippen LogP contribution in [0.3, 0.4) is 0 Å². The Bertz CT molecular complexity index is 954. The van der Waals surface area contributed by atoms with E-state index >= 15 is 0 Å². The second-order valence-corrected chi connectivity index (χ2v) is 8.81. The van der Waals surface area contributed by atoms with Gasteiger partial charge in [0.1, 0.15) is 0 Å². The molecule has 0 aromatic heterocycles. The van der Waals surface area contributed by atoms with Gasteiger partial charge in [0, 0.05) is 18.7 Å². The average Bonchev–Trinajstić information content (AvgIpc) is 2.83. The molecule has 0 bridgehead atoms. The Kier molecular flexibility index (Phi) is 12.2. The van der Waals surface area contributed by atoms with Crippen molar-refractivity contribution in [3.05, 3.63) is 65.7 Å². The highest BCUT2D eigenvalue weighted by Gasteiger charge is 2.08. The lowest BCUT2D eigenvalue weighted by Gasteiger charge is -2.11. The molecule has 0 saturated carbocycles. The van der Waals surface area contributed by atoms with Crippen LogP contribution in [0.25, 0.3) is 0 Å². The lowest BCUT2D eigenvalue weighted by molar-refractivity contribution is -0.121. The minimum Gasteiger partial charge on any atom is -0.504 e. The average molecular weight is 483 g/mol. The van der Waals surface area contributed by atoms with E-state index in [9.17, 15) is 14.7 Å². The van der Waals surface area contributed by atoms with Gasteiger partial charge in [-0.3, -0.25) is 4.79 Å². The number of ether oxygens (including phenoxy) is 2. The number of phenols is 1. The topological polar surface area (TPSA) is 111 Å². The fourth-order valence-corrected chi connectivity index (χ4v) is 3.24. The van der Waals surface area contributed by atoms with E-state index in [1.165, 1.54) is 0 Å². The first-order chi connectivity index (χ1) is 16.8. The number of carbonyl (C=O) groups excluding carboxylic acids is 2. The molecular formula is C28H38N2O5. The number of esters is 1. The van der Waals surface area contributed by atoms with Crippen LogP contribution in [-0.2, 0) is 16.1 Å². The summed E-state index contributed by atoms with van der Waals surface area (Å²) in [6, 6.07) is 11.6. The summed E-state index contributed by atoms with van der Waals surface area (Å²) in [7, 11) is 0. The molecule has 2 aromatic rings. The number of amides is 1. The first-order valence-corrected chi connectivity index (χ1v) is 12.3. The molecule has 0 spiro atoms. The number of nitrogens with one attached hydrogen (secondary N) is 1. The van der Waals surface area contributed by atoms with E-state index < -0.39 is 0 Å². The predicted octanol–water partition coefficient (Wildman–Crippen LogP) is 5.38. The largest absolute Gasteiger partial charge is 0.504 e. The molecule has 0 unspecified atom stereocenters. The van der Waals surface area contributed by atoms with Crippen molar-refractivity contribution in [2.24, 2.45) is 5.92 Å². The normalized spacial score (nSPS) is 11.1. The molecule has 7 nitrogen and oxygen atoms in total. The number of hydrogen-bond acceptors (Lipinski definition) is 6. The smallest absolute Gasteiger partial charge is 0.338 e. The Hall–Kier alpha value is -3.48. The molecule has 2 rings (SSSR count). The van der Waals surface area contributed by atoms with Crippen molar-refractivity contribution < 1.29 is 24.2 Å². The molecule has 2 aromatic carbocycles. The SMILES string of the molecule is CC(C)/C=C/CCCCC(=O)NCc1ccc(O)c(OCCCCOC(=O)c2ccc(N)cc2)c1. The zero-order valence-electron chi connectivity index (χ0n) is 20.8. The third kappa shape index (κ3) is 11.5. The van der Waals surface area contributed by atoms with Crippen molar-refractivity contribution in [3.8, 4) is 11.5 Å². The third-order valence-electron chi connectivity index (χ3n) is 5.24. The summed E-state index contributed by atoms with van der Waals surface area (Å²) in [6.45, 7) is 5.32. The minimum absolute atomic E-state index is 0.0156. The van der Waals surface area contributed by atoms with Crippen molar-refractivity contribution >= 4 is 17.6 Å². The van der Waals surface area contributed by atoms with Gasteiger partial charge in [-0.05, 0) is 80.0 Å². The number of carbonyl (C=O) groups is 2. The van der Waals surface area contributed by atoms with Gasteiger partial charge in [-0.2, -0.15) is 0 Å². The summed E-state index contributed by atoms with van der Waals surface area (Å²) in [5, 5.41) is 13.0. The third-order valence-corrected chi connectivity index (χ3v) is 5.24. The Morgan fingerprint density at radius 3 is 2.51 bits per heavy atom. The van der Waals surface area contributed by atoms with Crippen LogP contribution in [0.5, 0.6) is 11.5 Å². The van der Waals surface area contributed by atoms with Crippen molar-refractivity contribution in [1.82, 2.24) is 5.32 Å². The monoisotopic (exact) mass is 482 g/mol. The van der Waals surface area contributed by atoms with Crippen LogP contribution in [0, 0.1) is 5.92 Å². The van der Waals surface area contributed by atoms with Crippen molar-refractivity contribution in [1.29, 1.82) is 0 Å². The van der Waals surface area contributed by atoms with Crippen LogP contribution in [0.2, 0.25) is 0 Å². The molecule has 35 heavy (non-hydrogen) atoms. The first-order valence-electron chi connectivity index (χ1n) is 12.3. The van der Waals surface area contributed by atoms with E-state index in [4.69, 9.17) is 15.2 Å². The Balaban J connectivity index is 1.63. The molecular weight excluding hydrogens is 444 g/mol. The number of phenolic OH excluding ortho intramolecular Hbond substituents is 1. The van der Waals surface area contributed by atoms with Gasteiger partial charge in [-0.15, -0.1) is 0 Å². The summed E-state index contributed by atoms with van der Waals surface area (Å²) < 4.78 is 10.9. The second-order valence-electron chi connectivity index (χ2n) is 8.81. The zero-order valence-corrected chi connectivity index (χ0v) is 20.8. The highest BCUT2D eigenvalue weighted by molar-refractivity contribution is 5.89. The quantitative estimate of drug-likeness (QED) is 0.136. The number of nitrogens with two attached hydrogens (primary N) is 1. The van der Waals surface area contributed by atoms with Crippen molar-refractivity contribution in [2.75, 3.05) is 18.9 Å². The fourth-order valence-electron chi connectivity index (χ4n) is 3.24. The molecule has 1 amide bonds. The van der Waals surface area contributed by atoms with Crippen molar-refractivity contribution in [2.45, 2.75) is 58.9 Å². The van der Waals surface area contributed by atoms with E-state index in [1.807, 2.05) is 0 Å². The molecule has 0 aliphatic carbocycles. The number of rotatable bonds is 15. The molecule has 0 aliphatic rings. The number of allylic oxidation sites excluding steroid dienone is 2. The Morgan fingerprint density at radius 2 is 1.77 bits per heavy atom. The molecule has 0 aliphatic heterocycles. The van der Waals surface area contributed by atoms with Gasteiger partial charge in [-0.25, -0.2) is 4.79 Å². The summed E-state index contributed by atoms with van der Waals surface area (Å²) >= 11 is 0. The number of unbranched alkanes of at least 4 members (excludes halogenated alkanes) is 3. The van der Waals surface area contributed by atoms with E-state index in [2.05, 4.69) is 31.3 Å². The maximum Gasteiger partial charge on any atom is 0.338 e. The molecule has 0 heterocycles. The molecule has 0 atom stereocenters. The number of hydrogen-bond donors (Lipinski definition) is 3. The van der Waals surface area contributed by atoms with Gasteiger partial charge in [-0.1, -0.05) is 32.1 Å². The zero-order chi connectivity index (χ0) is 25.5. The van der Waals surface area contributed by atoms with E-state index in [0.717, 1.165) is 24.8 Å². The molecule has 0 radical (unpaired) electrons. The van der Waals surface area contributed by atoms with Crippen LogP contribution >= 0.6 is 0 Å². The lowest BCUT2D eigenvalue weighted by atomic mass is 10.1. The van der Waals surface area contributed by atoms with Crippen LogP contribution in [0.4, 0.5) is 5.69 Å². The number of aromatic hydroxyl groups is 1. The van der Waals surface area contributed by atoms with Crippen LogP contribution in [0.15, 0.2) is 54.6 Å². The highest BCUT2D eigenvalue weighted by Crippen LogP contribution is 2.27. The molecule has 7 heteroatoms. The first kappa shape index (κ1) is 27.8. The second kappa shape index (κ2) is 15.4. The Morgan fingerprint density at radius 1 is 1.03 bits per heavy atom. The summed E-state index contributed by atoms with van der Waals surface area (Å²) in [5.41, 5.74) is 7.52. The maximum absolute atomic E-state index is 12.1. The van der Waals surface area contributed by atoms with E-state index in [-0.39, 0.29) is 24.2 Å². The van der Waals surface area contributed by atoms with Gasteiger partial charge in [0.15, 0.2) is 11.5 Å². The highest BCUT2D eigenvalue weighted by atomic mass is 16.5. The summed E-state index contributed by atoms with van der Waals surface area (Å²) in [5.74, 6) is 0.600. The fraction of sp³-hybridized carbons (Fsp3) is 0.429. The number of benzene rings is 2. The van der Waals surface area contributed by atoms with Crippen LogP contribution in [-0.4, -0.2) is 30.2 Å². The number of nitrogen functional groups attached to an aromatic ring is 1. The number of anilines is 1. The van der Waals surface area contributed by atoms with Gasteiger partial charge < -0.3 is 25.6 Å². The van der Waals surface area contributed by atoms with Crippen molar-refractivity contribution in [3.63, 3.8) is 0 Å². The molecule has 4 N–H and O–H groups in total. The maximum atomic E-state index is 12.1. The van der Waals surface area contributed by atoms with Gasteiger partial charge >= 0.3 is 5.97 Å². The van der Waals surface area contributed by atoms with Crippen LogP contribution < -0.4 is 15.8 Å². The van der Waals surface area contributed by atoms with Gasteiger partial charge in [0.2, 0.25) is 5.91 Å². The lowest BCUT2D eigenvalue weighted by Crippen LogP contribution is -2.22. The predicted molar refractivity (Wildman–Crippen MR) is 138 cm³/mol. The van der Waals surface area contributed by atoms with Crippen LogP contribution in [0.1, 0.15) is 68.3 Å². The summed E-state index contributed by atoms with van der Waals surface area (Å²) in [4.78, 5) is 24.0. The van der Waals surface area contributed by atoms with E-state index in [1.54, 1.807) is 42.5 Å². The van der Waals surface area contributed by atoms with Gasteiger partial charge in [0.25, 0.3) is 0 Å². The molecule has 0 saturated heterocycles. The molecule has 0 fully saturated rings. The molecule has 190 valence electrons. The minimum atomic E-state index is -0.388. The van der Waals surface area contributed by atoms with Gasteiger partial charge in [0.05, 0.1) is 18.8 Å². The summed E-state index contributed by atoms with van der Waals surface area (Å²) in [6.07, 6.45) is 8.99. The Labute approximate surface area is 208 Å². The van der Waals surface area contributed by atoms with E-state index in [0.29, 0.717) is 55.3 Å². The standard InChI is InChI=1S/C28H38N2O5/c1-21(2)9-5-3-4-6-10-27(32)30-20-22-11-16-25(31)26(19-22)34-17-7-8-18-35-28(33)23-12-14-24(29)15-13-23/h5,9,11-16,19,21,31H,3-4,6-8,10,17-18,20,29H2,1-2H3,(H,30,32)/b9-5+.